The zero-order valence-electron chi connectivity index (χ0n) is 10.6. The molecule has 1 N–H and O–H groups in total. The first-order valence-corrected chi connectivity index (χ1v) is 6.31. The Bertz CT molecular complexity index is 415. The Morgan fingerprint density at radius 3 is 2.94 bits per heavy atom. The Balaban J connectivity index is 2.12. The van der Waals surface area contributed by atoms with Crippen molar-refractivity contribution in [2.24, 2.45) is 0 Å². The van der Waals surface area contributed by atoms with Crippen LogP contribution in [-0.2, 0) is 17.6 Å². The summed E-state index contributed by atoms with van der Waals surface area (Å²) in [6, 6.07) is 6.45. The molecule has 0 bridgehead atoms. The van der Waals surface area contributed by atoms with E-state index in [9.17, 15) is 4.79 Å². The zero-order valence-corrected chi connectivity index (χ0v) is 10.6. The number of hydrogen-bond donors (Lipinski definition) is 1. The van der Waals surface area contributed by atoms with E-state index in [-0.39, 0.29) is 5.91 Å². The standard InChI is InChI=1S/C14H20N2O/c1-3-15-9-8-11-4-6-13-12(10-11)5-7-14(17)16(13)2/h4,6,10,15H,3,5,7-9H2,1-2H3. The Kier molecular flexibility index (Phi) is 3.79. The first-order chi connectivity index (χ1) is 8.22. The lowest BCUT2D eigenvalue weighted by Crippen LogP contribution is -2.31. The van der Waals surface area contributed by atoms with Gasteiger partial charge in [0.15, 0.2) is 0 Å². The summed E-state index contributed by atoms with van der Waals surface area (Å²) in [5.41, 5.74) is 3.74. The van der Waals surface area contributed by atoms with E-state index >= 15 is 0 Å². The molecule has 0 aromatic heterocycles. The number of fused-ring (bicyclic) bond motifs is 1. The highest BCUT2D eigenvalue weighted by Crippen LogP contribution is 2.27. The van der Waals surface area contributed by atoms with Gasteiger partial charge in [0.25, 0.3) is 0 Å². The monoisotopic (exact) mass is 232 g/mol. The van der Waals surface area contributed by atoms with Gasteiger partial charge in [-0.15, -0.1) is 0 Å². The summed E-state index contributed by atoms with van der Waals surface area (Å²) in [5.74, 6) is 0.220. The molecule has 1 aromatic rings. The minimum absolute atomic E-state index is 0.220. The molecule has 1 heterocycles. The van der Waals surface area contributed by atoms with Crippen LogP contribution in [0.5, 0.6) is 0 Å². The summed E-state index contributed by atoms with van der Waals surface area (Å²) < 4.78 is 0. The number of nitrogens with zero attached hydrogens (tertiary/aromatic N) is 1. The third-order valence-corrected chi connectivity index (χ3v) is 3.33. The van der Waals surface area contributed by atoms with E-state index in [0.29, 0.717) is 6.42 Å². The lowest BCUT2D eigenvalue weighted by Gasteiger charge is -2.26. The molecule has 0 unspecified atom stereocenters. The predicted molar refractivity (Wildman–Crippen MR) is 70.4 cm³/mol. The van der Waals surface area contributed by atoms with Crippen molar-refractivity contribution in [3.05, 3.63) is 29.3 Å². The van der Waals surface area contributed by atoms with Crippen LogP contribution >= 0.6 is 0 Å². The molecule has 0 fully saturated rings. The van der Waals surface area contributed by atoms with Crippen molar-refractivity contribution >= 4 is 11.6 Å². The third kappa shape index (κ3) is 2.67. The molecule has 0 spiro atoms. The van der Waals surface area contributed by atoms with E-state index in [1.165, 1.54) is 11.1 Å². The molecular formula is C14H20N2O. The van der Waals surface area contributed by atoms with Crippen LogP contribution in [0.1, 0.15) is 24.5 Å². The van der Waals surface area contributed by atoms with Gasteiger partial charge in [0.2, 0.25) is 5.91 Å². The highest BCUT2D eigenvalue weighted by Gasteiger charge is 2.20. The summed E-state index contributed by atoms with van der Waals surface area (Å²) >= 11 is 0. The molecule has 1 amide bonds. The van der Waals surface area contributed by atoms with Crippen LogP contribution in [0.4, 0.5) is 5.69 Å². The quantitative estimate of drug-likeness (QED) is 0.802. The Labute approximate surface area is 103 Å². The van der Waals surface area contributed by atoms with Crippen LogP contribution in [0.15, 0.2) is 18.2 Å². The van der Waals surface area contributed by atoms with E-state index in [1.807, 2.05) is 7.05 Å². The van der Waals surface area contributed by atoms with E-state index < -0.39 is 0 Å². The minimum Gasteiger partial charge on any atom is -0.317 e. The fourth-order valence-electron chi connectivity index (χ4n) is 2.27. The number of aryl methyl sites for hydroxylation is 1. The van der Waals surface area contributed by atoms with Crippen LogP contribution in [0.3, 0.4) is 0 Å². The topological polar surface area (TPSA) is 32.3 Å². The number of hydrogen-bond acceptors (Lipinski definition) is 2. The first kappa shape index (κ1) is 12.1. The molecule has 0 atom stereocenters. The van der Waals surface area contributed by atoms with Crippen LogP contribution in [-0.4, -0.2) is 26.0 Å². The molecule has 0 radical (unpaired) electrons. The molecule has 3 heteroatoms. The maximum atomic E-state index is 11.6. The van der Waals surface area contributed by atoms with Crippen LogP contribution < -0.4 is 10.2 Å². The summed E-state index contributed by atoms with van der Waals surface area (Å²) in [5, 5.41) is 3.33. The van der Waals surface area contributed by atoms with Crippen LogP contribution in [0.2, 0.25) is 0 Å². The average molecular weight is 232 g/mol. The van der Waals surface area contributed by atoms with Gasteiger partial charge in [0, 0.05) is 19.2 Å². The highest BCUT2D eigenvalue weighted by atomic mass is 16.2. The molecule has 92 valence electrons. The molecule has 0 saturated carbocycles. The van der Waals surface area contributed by atoms with Crippen LogP contribution in [0, 0.1) is 0 Å². The van der Waals surface area contributed by atoms with E-state index in [0.717, 1.165) is 31.6 Å². The van der Waals surface area contributed by atoms with Gasteiger partial charge in [-0.25, -0.2) is 0 Å². The second-order valence-electron chi connectivity index (χ2n) is 4.52. The summed E-state index contributed by atoms with van der Waals surface area (Å²) in [6.45, 7) is 4.15. The lowest BCUT2D eigenvalue weighted by atomic mass is 9.98. The number of anilines is 1. The normalized spacial score (nSPS) is 14.9. The SMILES string of the molecule is CCNCCc1ccc2c(c1)CCC(=O)N2C. The summed E-state index contributed by atoms with van der Waals surface area (Å²) in [4.78, 5) is 13.3. The maximum absolute atomic E-state index is 11.6. The van der Waals surface area contributed by atoms with Crippen molar-refractivity contribution in [1.82, 2.24) is 5.32 Å². The smallest absolute Gasteiger partial charge is 0.227 e. The van der Waals surface area contributed by atoms with Gasteiger partial charge >= 0.3 is 0 Å². The Hall–Kier alpha value is -1.35. The zero-order chi connectivity index (χ0) is 12.3. The van der Waals surface area contributed by atoms with Crippen molar-refractivity contribution in [3.63, 3.8) is 0 Å². The van der Waals surface area contributed by atoms with Gasteiger partial charge in [-0.2, -0.15) is 0 Å². The lowest BCUT2D eigenvalue weighted by molar-refractivity contribution is -0.118. The largest absolute Gasteiger partial charge is 0.317 e. The van der Waals surface area contributed by atoms with E-state index in [4.69, 9.17) is 0 Å². The summed E-state index contributed by atoms with van der Waals surface area (Å²) in [6.07, 6.45) is 2.58. The molecule has 0 saturated heterocycles. The van der Waals surface area contributed by atoms with Crippen molar-refractivity contribution < 1.29 is 4.79 Å². The second kappa shape index (κ2) is 5.32. The van der Waals surface area contributed by atoms with Crippen molar-refractivity contribution in [2.45, 2.75) is 26.2 Å². The minimum atomic E-state index is 0.220. The second-order valence-corrected chi connectivity index (χ2v) is 4.52. The van der Waals surface area contributed by atoms with Gasteiger partial charge < -0.3 is 10.2 Å². The van der Waals surface area contributed by atoms with Crippen molar-refractivity contribution in [3.8, 4) is 0 Å². The number of carbonyl (C=O) groups is 1. The van der Waals surface area contributed by atoms with Gasteiger partial charge in [0.1, 0.15) is 0 Å². The molecule has 1 aliphatic rings. The summed E-state index contributed by atoms with van der Waals surface area (Å²) in [7, 11) is 1.86. The number of rotatable bonds is 4. The third-order valence-electron chi connectivity index (χ3n) is 3.33. The van der Waals surface area contributed by atoms with Gasteiger partial charge in [-0.3, -0.25) is 4.79 Å². The van der Waals surface area contributed by atoms with Gasteiger partial charge in [-0.05, 0) is 43.1 Å². The molecule has 3 nitrogen and oxygen atoms in total. The Morgan fingerprint density at radius 1 is 1.35 bits per heavy atom. The van der Waals surface area contributed by atoms with Crippen molar-refractivity contribution in [1.29, 1.82) is 0 Å². The molecule has 0 aliphatic carbocycles. The van der Waals surface area contributed by atoms with E-state index in [1.54, 1.807) is 4.90 Å². The van der Waals surface area contributed by atoms with Crippen molar-refractivity contribution in [2.75, 3.05) is 25.0 Å². The fourth-order valence-corrected chi connectivity index (χ4v) is 2.27. The van der Waals surface area contributed by atoms with E-state index in [2.05, 4.69) is 30.4 Å². The number of nitrogens with one attached hydrogen (secondary N) is 1. The van der Waals surface area contributed by atoms with Gasteiger partial charge in [-0.1, -0.05) is 19.1 Å². The predicted octanol–water partition coefficient (Wildman–Crippen LogP) is 1.75. The molecule has 2 rings (SSSR count). The molecule has 17 heavy (non-hydrogen) atoms. The average Bonchev–Trinajstić information content (AvgIpc) is 2.34. The Morgan fingerprint density at radius 2 is 2.18 bits per heavy atom. The molecule has 1 aliphatic heterocycles. The first-order valence-electron chi connectivity index (χ1n) is 6.31. The number of amides is 1. The fraction of sp³-hybridized carbons (Fsp3) is 0.500. The molecular weight excluding hydrogens is 212 g/mol. The number of likely N-dealkylation sites (N-methyl/N-ethyl adjacent to an activating group) is 1. The van der Waals surface area contributed by atoms with Gasteiger partial charge in [0.05, 0.1) is 0 Å². The van der Waals surface area contributed by atoms with Crippen LogP contribution in [0.25, 0.3) is 0 Å². The highest BCUT2D eigenvalue weighted by molar-refractivity contribution is 5.95. The number of benzene rings is 1. The molecule has 1 aromatic carbocycles. The maximum Gasteiger partial charge on any atom is 0.227 e. The number of carbonyl (C=O) groups excluding carboxylic acids is 1.